The van der Waals surface area contributed by atoms with Gasteiger partial charge in [0.15, 0.2) is 11.5 Å². The van der Waals surface area contributed by atoms with Gasteiger partial charge in [0.2, 0.25) is 0 Å². The third kappa shape index (κ3) is 2.88. The maximum absolute atomic E-state index is 13.9. The van der Waals surface area contributed by atoms with Crippen molar-refractivity contribution in [3.8, 4) is 11.5 Å². The molecule has 2 N–H and O–H groups in total. The highest BCUT2D eigenvalue weighted by molar-refractivity contribution is 5.44. The predicted octanol–water partition coefficient (Wildman–Crippen LogP) is 2.89. The molecular formula is C13H20FNO2. The van der Waals surface area contributed by atoms with Crippen molar-refractivity contribution >= 4 is 0 Å². The number of halogens is 1. The zero-order chi connectivity index (χ0) is 13.0. The summed E-state index contributed by atoms with van der Waals surface area (Å²) < 4.78 is 24.1. The van der Waals surface area contributed by atoms with E-state index in [0.717, 1.165) is 6.42 Å². The van der Waals surface area contributed by atoms with E-state index in [4.69, 9.17) is 15.2 Å². The summed E-state index contributed by atoms with van der Waals surface area (Å²) in [7, 11) is 3.00. The van der Waals surface area contributed by atoms with Gasteiger partial charge in [0.1, 0.15) is 5.82 Å². The van der Waals surface area contributed by atoms with Crippen LogP contribution in [-0.2, 0) is 0 Å². The second-order valence-corrected chi connectivity index (χ2v) is 4.14. The third-order valence-corrected chi connectivity index (χ3v) is 3.12. The SMILES string of the molecule is CCC(C)[C@H](N)c1cc(OC)c(OC)cc1F. The summed E-state index contributed by atoms with van der Waals surface area (Å²) in [6, 6.07) is 2.60. The van der Waals surface area contributed by atoms with Crippen LogP contribution in [0.25, 0.3) is 0 Å². The first-order valence-corrected chi connectivity index (χ1v) is 5.72. The van der Waals surface area contributed by atoms with Gasteiger partial charge in [-0.05, 0) is 12.0 Å². The van der Waals surface area contributed by atoms with E-state index in [1.807, 2.05) is 13.8 Å². The first-order valence-electron chi connectivity index (χ1n) is 5.72. The van der Waals surface area contributed by atoms with Gasteiger partial charge in [-0.15, -0.1) is 0 Å². The molecule has 1 unspecified atom stereocenters. The van der Waals surface area contributed by atoms with Crippen molar-refractivity contribution in [3.05, 3.63) is 23.5 Å². The Morgan fingerprint density at radius 3 is 2.24 bits per heavy atom. The van der Waals surface area contributed by atoms with Crippen molar-refractivity contribution in [1.82, 2.24) is 0 Å². The van der Waals surface area contributed by atoms with E-state index in [-0.39, 0.29) is 17.8 Å². The fourth-order valence-corrected chi connectivity index (χ4v) is 1.69. The Morgan fingerprint density at radius 1 is 1.24 bits per heavy atom. The number of hydrogen-bond donors (Lipinski definition) is 1. The number of hydrogen-bond acceptors (Lipinski definition) is 3. The minimum absolute atomic E-state index is 0.211. The number of methoxy groups -OCH3 is 2. The summed E-state index contributed by atoms with van der Waals surface area (Å²) in [5.41, 5.74) is 6.50. The molecule has 1 aromatic rings. The van der Waals surface area contributed by atoms with Gasteiger partial charge in [0.05, 0.1) is 14.2 Å². The van der Waals surface area contributed by atoms with Crippen molar-refractivity contribution in [2.45, 2.75) is 26.3 Å². The molecule has 3 nitrogen and oxygen atoms in total. The summed E-state index contributed by atoms with van der Waals surface area (Å²) in [6.07, 6.45) is 0.898. The van der Waals surface area contributed by atoms with Crippen LogP contribution >= 0.6 is 0 Å². The number of ether oxygens (including phenoxy) is 2. The molecule has 0 fully saturated rings. The zero-order valence-electron chi connectivity index (χ0n) is 10.8. The van der Waals surface area contributed by atoms with Crippen LogP contribution in [0.3, 0.4) is 0 Å². The monoisotopic (exact) mass is 241 g/mol. The Balaban J connectivity index is 3.16. The molecule has 0 saturated carbocycles. The summed E-state index contributed by atoms with van der Waals surface area (Å²) in [5.74, 6) is 0.741. The van der Waals surface area contributed by atoms with Gasteiger partial charge in [-0.25, -0.2) is 4.39 Å². The van der Waals surface area contributed by atoms with Gasteiger partial charge in [0.25, 0.3) is 0 Å². The molecule has 0 amide bonds. The van der Waals surface area contributed by atoms with Gasteiger partial charge in [-0.3, -0.25) is 0 Å². The molecule has 2 atom stereocenters. The molecule has 4 heteroatoms. The molecule has 17 heavy (non-hydrogen) atoms. The first-order chi connectivity index (χ1) is 8.04. The van der Waals surface area contributed by atoms with Crippen LogP contribution in [0.5, 0.6) is 11.5 Å². The molecule has 0 saturated heterocycles. The highest BCUT2D eigenvalue weighted by atomic mass is 19.1. The van der Waals surface area contributed by atoms with Crippen LogP contribution in [0.15, 0.2) is 12.1 Å². The number of nitrogens with two attached hydrogens (primary N) is 1. The minimum Gasteiger partial charge on any atom is -0.493 e. The highest BCUT2D eigenvalue weighted by Crippen LogP contribution is 2.34. The lowest BCUT2D eigenvalue weighted by molar-refractivity contribution is 0.349. The van der Waals surface area contributed by atoms with Crippen LogP contribution in [0.1, 0.15) is 31.9 Å². The molecule has 0 bridgehead atoms. The maximum atomic E-state index is 13.9. The van der Waals surface area contributed by atoms with Crippen LogP contribution in [0.4, 0.5) is 4.39 Å². The maximum Gasteiger partial charge on any atom is 0.163 e. The summed E-state index contributed by atoms with van der Waals surface area (Å²) in [6.45, 7) is 4.03. The Bertz CT molecular complexity index is 382. The van der Waals surface area contributed by atoms with Gasteiger partial charge < -0.3 is 15.2 Å². The van der Waals surface area contributed by atoms with E-state index in [1.165, 1.54) is 20.3 Å². The molecule has 0 spiro atoms. The van der Waals surface area contributed by atoms with Crippen LogP contribution < -0.4 is 15.2 Å². The predicted molar refractivity (Wildman–Crippen MR) is 65.9 cm³/mol. The fraction of sp³-hybridized carbons (Fsp3) is 0.538. The highest BCUT2D eigenvalue weighted by Gasteiger charge is 2.20. The van der Waals surface area contributed by atoms with Gasteiger partial charge in [0, 0.05) is 17.7 Å². The van der Waals surface area contributed by atoms with Gasteiger partial charge >= 0.3 is 0 Å². The van der Waals surface area contributed by atoms with Crippen molar-refractivity contribution in [2.75, 3.05) is 14.2 Å². The molecule has 0 aromatic heterocycles. The van der Waals surface area contributed by atoms with E-state index in [9.17, 15) is 4.39 Å². The molecule has 0 aliphatic heterocycles. The molecule has 0 aliphatic carbocycles. The van der Waals surface area contributed by atoms with E-state index in [1.54, 1.807) is 6.07 Å². The number of rotatable bonds is 5. The van der Waals surface area contributed by atoms with E-state index in [2.05, 4.69) is 0 Å². The van der Waals surface area contributed by atoms with Crippen molar-refractivity contribution in [3.63, 3.8) is 0 Å². The van der Waals surface area contributed by atoms with Crippen molar-refractivity contribution < 1.29 is 13.9 Å². The Hall–Kier alpha value is -1.29. The molecule has 1 aromatic carbocycles. The minimum atomic E-state index is -0.351. The van der Waals surface area contributed by atoms with E-state index in [0.29, 0.717) is 17.1 Å². The van der Waals surface area contributed by atoms with Crippen LogP contribution in [0.2, 0.25) is 0 Å². The molecule has 0 aliphatic rings. The lowest BCUT2D eigenvalue weighted by Crippen LogP contribution is -2.20. The number of benzene rings is 1. The smallest absolute Gasteiger partial charge is 0.163 e. The summed E-state index contributed by atoms with van der Waals surface area (Å²) in [4.78, 5) is 0. The first kappa shape index (κ1) is 13.8. The third-order valence-electron chi connectivity index (χ3n) is 3.12. The molecule has 96 valence electrons. The molecule has 1 rings (SSSR count). The average molecular weight is 241 g/mol. The zero-order valence-corrected chi connectivity index (χ0v) is 10.8. The fourth-order valence-electron chi connectivity index (χ4n) is 1.69. The molecular weight excluding hydrogens is 221 g/mol. The topological polar surface area (TPSA) is 44.5 Å². The second kappa shape index (κ2) is 5.87. The van der Waals surface area contributed by atoms with Crippen molar-refractivity contribution in [1.29, 1.82) is 0 Å². The normalized spacial score (nSPS) is 14.2. The second-order valence-electron chi connectivity index (χ2n) is 4.14. The summed E-state index contributed by atoms with van der Waals surface area (Å²) in [5, 5.41) is 0. The Labute approximate surface area is 102 Å². The largest absolute Gasteiger partial charge is 0.493 e. The molecule has 0 radical (unpaired) electrons. The quantitative estimate of drug-likeness (QED) is 0.862. The lowest BCUT2D eigenvalue weighted by atomic mass is 9.93. The average Bonchev–Trinajstić information content (AvgIpc) is 2.36. The Morgan fingerprint density at radius 2 is 1.76 bits per heavy atom. The van der Waals surface area contributed by atoms with Crippen LogP contribution in [0, 0.1) is 11.7 Å². The standard InChI is InChI=1S/C13H20FNO2/c1-5-8(2)13(15)9-6-11(16-3)12(17-4)7-10(9)14/h6-8,13H,5,15H2,1-4H3/t8?,13-/m0/s1. The molecule has 0 heterocycles. The van der Waals surface area contributed by atoms with Crippen LogP contribution in [-0.4, -0.2) is 14.2 Å². The van der Waals surface area contributed by atoms with Gasteiger partial charge in [-0.2, -0.15) is 0 Å². The van der Waals surface area contributed by atoms with E-state index < -0.39 is 0 Å². The van der Waals surface area contributed by atoms with Crippen molar-refractivity contribution in [2.24, 2.45) is 11.7 Å². The summed E-state index contributed by atoms with van der Waals surface area (Å²) >= 11 is 0. The van der Waals surface area contributed by atoms with E-state index >= 15 is 0 Å². The lowest BCUT2D eigenvalue weighted by Gasteiger charge is -2.20. The van der Waals surface area contributed by atoms with Gasteiger partial charge in [-0.1, -0.05) is 20.3 Å². The Kier molecular flexibility index (Phi) is 4.75.